The van der Waals surface area contributed by atoms with Crippen LogP contribution in [0.15, 0.2) is 25.3 Å². The normalized spacial score (nSPS) is 18.6. The summed E-state index contributed by atoms with van der Waals surface area (Å²) in [6.07, 6.45) is 4.86. The first kappa shape index (κ1) is 67.4. The van der Waals surface area contributed by atoms with Gasteiger partial charge in [0.05, 0.1) is 91.5 Å². The molecule has 3 aliphatic heterocycles. The first-order chi connectivity index (χ1) is 29.9. The summed E-state index contributed by atoms with van der Waals surface area (Å²) in [6, 6.07) is 0. The van der Waals surface area contributed by atoms with Crippen LogP contribution in [0.4, 0.5) is 26.3 Å². The molecule has 3 aliphatic rings. The summed E-state index contributed by atoms with van der Waals surface area (Å²) in [5.74, 6) is -0.474. The summed E-state index contributed by atoms with van der Waals surface area (Å²) in [5.41, 5.74) is -11.7. The number of rotatable bonds is 29. The Morgan fingerprint density at radius 1 is 0.738 bits per heavy atom. The van der Waals surface area contributed by atoms with E-state index in [9.17, 15) is 68.1 Å². The van der Waals surface area contributed by atoms with E-state index < -0.39 is 71.5 Å². The molecule has 30 heteroatoms. The molecule has 3 fully saturated rings. The topological polar surface area (TPSA) is 306 Å². The van der Waals surface area contributed by atoms with Crippen LogP contribution in [0.1, 0.15) is 52.9 Å². The number of esters is 2. The maximum absolute atomic E-state index is 11.6. The van der Waals surface area contributed by atoms with Crippen molar-refractivity contribution >= 4 is 54.1 Å². The van der Waals surface area contributed by atoms with Crippen molar-refractivity contribution in [1.82, 2.24) is 0 Å². The van der Waals surface area contributed by atoms with Gasteiger partial charge in [-0.2, -0.15) is 0 Å². The summed E-state index contributed by atoms with van der Waals surface area (Å²) in [4.78, 5) is 22.2. The van der Waals surface area contributed by atoms with Gasteiger partial charge in [0.25, 0.3) is 0 Å². The molecule has 0 saturated carbocycles. The van der Waals surface area contributed by atoms with E-state index in [-0.39, 0.29) is 97.3 Å². The Kier molecular flexibility index (Phi) is 39.5. The van der Waals surface area contributed by atoms with Crippen molar-refractivity contribution < 1.29 is 121 Å². The van der Waals surface area contributed by atoms with Crippen LogP contribution in [-0.4, -0.2) is 210 Å². The molecule has 0 aromatic heterocycles. The molecule has 5 N–H and O–H groups in total. The molecule has 3 saturated heterocycles. The average Bonchev–Trinajstić information content (AvgIpc) is 4.05. The minimum Gasteiger partial charge on any atom is -0.394 e. The van der Waals surface area contributed by atoms with Gasteiger partial charge < -0.3 is 63.4 Å². The van der Waals surface area contributed by atoms with E-state index in [1.807, 2.05) is 0 Å². The summed E-state index contributed by atoms with van der Waals surface area (Å²) in [5, 5.41) is 44.4. The minimum atomic E-state index is -6.15. The fraction of sp³-hybridized carbons (Fsp3) is 0.829. The standard InChI is InChI=1S/C18H32O9.C9H14O3.C3H6O2.C2H6O.2CHF3O3S.CH4.Sn/c1-2-3-4-18(22)25-6-5-14(20)8-23-9-15(21)10-26-16(7-19)11-24-12-17-13-27-17;1-2-3-4-9(10)11-6-5-8-7-12-8;4-1-3-2-5-3;1-2-3;2*2-1(3,4)8(5,6)7;;/h2,14-17,19-21H,1,3-13H2;2,8H,1,3-7H2;3-4H,1-2H2;3H,2H2,1H3;2*(H,5,6,7);1H4;/q;;;;;;;+2/p-2. The molecule has 0 aromatic carbocycles. The third-order valence-corrected chi connectivity index (χ3v) is 13.4. The van der Waals surface area contributed by atoms with E-state index in [1.165, 1.54) is 0 Å². The van der Waals surface area contributed by atoms with Crippen molar-refractivity contribution in [3.05, 3.63) is 25.3 Å². The molecule has 6 atom stereocenters. The van der Waals surface area contributed by atoms with Crippen LogP contribution in [0.2, 0.25) is 0 Å². The van der Waals surface area contributed by atoms with Gasteiger partial charge in [-0.25, -0.2) is 0 Å². The number of allylic oxidation sites excluding steroid dienone is 2. The summed E-state index contributed by atoms with van der Waals surface area (Å²) >= 11 is -3.86. The Morgan fingerprint density at radius 2 is 1.18 bits per heavy atom. The summed E-state index contributed by atoms with van der Waals surface area (Å²) in [6.45, 7) is 12.5. The van der Waals surface area contributed by atoms with Crippen LogP contribution >= 0.6 is 0 Å². The number of hydrogen-bond donors (Lipinski definition) is 5. The molecule has 6 unspecified atom stereocenters. The van der Waals surface area contributed by atoms with Crippen molar-refractivity contribution in [1.29, 1.82) is 0 Å². The van der Waals surface area contributed by atoms with Crippen molar-refractivity contribution in [2.75, 3.05) is 85.9 Å². The summed E-state index contributed by atoms with van der Waals surface area (Å²) < 4.78 is 156. The Bertz CT molecular complexity index is 1420. The van der Waals surface area contributed by atoms with E-state index in [1.54, 1.807) is 19.1 Å². The number of hydrogen-bond acceptors (Lipinski definition) is 21. The molecule has 0 bridgehead atoms. The zero-order valence-corrected chi connectivity index (χ0v) is 39.3. The van der Waals surface area contributed by atoms with Crippen molar-refractivity contribution in [2.45, 2.75) is 101 Å². The first-order valence-corrected chi connectivity index (χ1v) is 24.2. The maximum atomic E-state index is 11.6. The van der Waals surface area contributed by atoms with Crippen LogP contribution in [0, 0.1) is 0 Å². The zero-order chi connectivity index (χ0) is 49.2. The van der Waals surface area contributed by atoms with Gasteiger partial charge in [0.15, 0.2) is 0 Å². The minimum absolute atomic E-state index is 0. The van der Waals surface area contributed by atoms with E-state index in [4.69, 9.17) is 43.4 Å². The number of alkyl halides is 6. The van der Waals surface area contributed by atoms with Gasteiger partial charge in [0.1, 0.15) is 24.4 Å². The fourth-order valence-electron chi connectivity index (χ4n) is 3.17. The number of halogens is 6. The van der Waals surface area contributed by atoms with Crippen LogP contribution in [0.25, 0.3) is 0 Å². The van der Waals surface area contributed by atoms with Gasteiger partial charge in [0, 0.05) is 32.3 Å². The van der Waals surface area contributed by atoms with Gasteiger partial charge in [0.2, 0.25) is 0 Å². The summed E-state index contributed by atoms with van der Waals surface area (Å²) in [7, 11) is -12.3. The Labute approximate surface area is 385 Å². The second-order valence-electron chi connectivity index (χ2n) is 12.6. The molecular formula is C35H62F6O21S2Sn. The molecule has 3 heterocycles. The third kappa shape index (κ3) is 40.9. The van der Waals surface area contributed by atoms with E-state index in [2.05, 4.69) is 22.9 Å². The zero-order valence-electron chi connectivity index (χ0n) is 34.8. The predicted molar refractivity (Wildman–Crippen MR) is 214 cm³/mol. The van der Waals surface area contributed by atoms with Gasteiger partial charge in [-0.3, -0.25) is 9.59 Å². The van der Waals surface area contributed by atoms with Gasteiger partial charge >= 0.3 is 113 Å². The van der Waals surface area contributed by atoms with E-state index in [0.717, 1.165) is 19.6 Å². The van der Waals surface area contributed by atoms with Crippen LogP contribution in [0.5, 0.6) is 0 Å². The number of carbonyl (C=O) groups is 2. The molecule has 0 spiro atoms. The molecule has 65 heavy (non-hydrogen) atoms. The number of ether oxygens (including phenoxy) is 8. The maximum Gasteiger partial charge on any atom is 0.104 e. The quantitative estimate of drug-likeness (QED) is 0.0174. The van der Waals surface area contributed by atoms with Crippen LogP contribution < -0.4 is 0 Å². The second kappa shape index (κ2) is 38.1. The smallest absolute Gasteiger partial charge is 0.104 e. The SMILES string of the molecule is C.C=CCCC(=O)OCCC(O)COCC(O)COC(CO)COCC1CO1.C=CCCC(=O)OCCC1CO1.CCO.O=S(=O)([O][Sn][O]S(=O)(=O)C(F)(F)F)C(F)(F)F.OCC1CO1. The van der Waals surface area contributed by atoms with Crippen molar-refractivity contribution in [2.24, 2.45) is 0 Å². The number of carbonyl (C=O) groups excluding carboxylic acids is 2. The fourth-order valence-corrected chi connectivity index (χ4v) is 7.52. The largest absolute Gasteiger partial charge is 0.394 e. The Morgan fingerprint density at radius 3 is 1.57 bits per heavy atom. The molecule has 0 amide bonds. The molecular weight excluding hydrogens is 1050 g/mol. The number of epoxide rings is 3. The van der Waals surface area contributed by atoms with Crippen LogP contribution in [-0.2, 0) is 72.8 Å². The monoisotopic (exact) mass is 1120 g/mol. The molecule has 2 radical (unpaired) electrons. The Balaban J connectivity index is -0.000000859. The van der Waals surface area contributed by atoms with Crippen LogP contribution in [0.3, 0.4) is 0 Å². The third-order valence-electron chi connectivity index (χ3n) is 6.74. The number of aliphatic hydroxyl groups is 5. The molecule has 386 valence electrons. The predicted octanol–water partition coefficient (Wildman–Crippen LogP) is 0.967. The van der Waals surface area contributed by atoms with E-state index in [0.29, 0.717) is 45.2 Å². The van der Waals surface area contributed by atoms with Gasteiger partial charge in [-0.15, -0.1) is 13.2 Å². The van der Waals surface area contributed by atoms with Gasteiger partial charge in [-0.1, -0.05) is 19.6 Å². The molecule has 21 nitrogen and oxygen atoms in total. The molecule has 0 aliphatic carbocycles. The number of aliphatic hydroxyl groups excluding tert-OH is 5. The van der Waals surface area contributed by atoms with Crippen molar-refractivity contribution in [3.63, 3.8) is 0 Å². The second-order valence-corrected chi connectivity index (χ2v) is 19.0. The van der Waals surface area contributed by atoms with Crippen molar-refractivity contribution in [3.8, 4) is 0 Å². The molecule has 0 aromatic rings. The average molecular weight is 1120 g/mol. The molecule has 3 rings (SSSR count). The first-order valence-electron chi connectivity index (χ1n) is 19.0. The van der Waals surface area contributed by atoms with E-state index >= 15 is 0 Å². The Hall–Kier alpha value is -1.82. The van der Waals surface area contributed by atoms with Gasteiger partial charge in [-0.05, 0) is 19.8 Å².